The topological polar surface area (TPSA) is 0 Å². The van der Waals surface area contributed by atoms with Crippen LogP contribution in [-0.2, 0) is 0 Å². The number of rotatable bonds is 7. The van der Waals surface area contributed by atoms with Gasteiger partial charge in [-0.05, 0) is 24.7 Å². The van der Waals surface area contributed by atoms with Gasteiger partial charge in [0.2, 0.25) is 0 Å². The molecule has 0 aromatic rings. The Morgan fingerprint density at radius 1 is 0.941 bits per heavy atom. The van der Waals surface area contributed by atoms with Crippen molar-refractivity contribution in [3.8, 4) is 0 Å². The van der Waals surface area contributed by atoms with Crippen LogP contribution in [0.5, 0.6) is 0 Å². The first kappa shape index (κ1) is 16.7. The predicted octanol–water partition coefficient (Wildman–Crippen LogP) is 6.37. The molecular formula is C17H34. The van der Waals surface area contributed by atoms with Crippen molar-refractivity contribution in [2.75, 3.05) is 0 Å². The van der Waals surface area contributed by atoms with Gasteiger partial charge in [0.25, 0.3) is 0 Å². The Balaban J connectivity index is 0.000000318. The van der Waals surface area contributed by atoms with E-state index < -0.39 is 0 Å². The molecule has 0 N–H and O–H groups in total. The summed E-state index contributed by atoms with van der Waals surface area (Å²) in [6.45, 7) is 10.7. The Morgan fingerprint density at radius 3 is 1.88 bits per heavy atom. The summed E-state index contributed by atoms with van der Waals surface area (Å²) in [5.41, 5.74) is 0. The van der Waals surface area contributed by atoms with Gasteiger partial charge in [-0.2, -0.15) is 0 Å². The molecule has 0 heterocycles. The molecule has 0 nitrogen and oxygen atoms in total. The molecule has 0 unspecified atom stereocenters. The Bertz CT molecular complexity index is 151. The van der Waals surface area contributed by atoms with Gasteiger partial charge in [0, 0.05) is 0 Å². The fourth-order valence-electron chi connectivity index (χ4n) is 2.40. The number of unbranched alkanes of at least 4 members (excludes halogenated alkanes) is 6. The summed E-state index contributed by atoms with van der Waals surface area (Å²) >= 11 is 0. The zero-order chi connectivity index (χ0) is 12.9. The molecule has 1 aliphatic carbocycles. The van der Waals surface area contributed by atoms with Crippen LogP contribution in [0.2, 0.25) is 0 Å². The average Bonchev–Trinajstić information content (AvgIpc) is 2.69. The maximum atomic E-state index is 3.69. The Hall–Kier alpha value is -0.260. The first-order valence-corrected chi connectivity index (χ1v) is 7.83. The molecule has 1 rings (SSSR count). The molecule has 0 bridgehead atoms. The third kappa shape index (κ3) is 10.6. The zero-order valence-electron chi connectivity index (χ0n) is 12.5. The van der Waals surface area contributed by atoms with Crippen LogP contribution in [0, 0.1) is 11.8 Å². The van der Waals surface area contributed by atoms with E-state index in [4.69, 9.17) is 0 Å². The van der Waals surface area contributed by atoms with Crippen molar-refractivity contribution in [3.63, 3.8) is 0 Å². The van der Waals surface area contributed by atoms with Crippen LogP contribution in [0.25, 0.3) is 0 Å². The van der Waals surface area contributed by atoms with Crippen molar-refractivity contribution in [3.05, 3.63) is 12.7 Å². The predicted molar refractivity (Wildman–Crippen MR) is 80.4 cm³/mol. The van der Waals surface area contributed by atoms with Gasteiger partial charge in [-0.1, -0.05) is 78.2 Å². The van der Waals surface area contributed by atoms with E-state index in [1.54, 1.807) is 0 Å². The van der Waals surface area contributed by atoms with E-state index in [0.717, 1.165) is 11.8 Å². The van der Waals surface area contributed by atoms with E-state index in [1.807, 2.05) is 6.08 Å². The lowest BCUT2D eigenvalue weighted by atomic mass is 10.0. The van der Waals surface area contributed by atoms with Crippen molar-refractivity contribution in [1.82, 2.24) is 0 Å². The zero-order valence-corrected chi connectivity index (χ0v) is 12.5. The minimum Gasteiger partial charge on any atom is -0.103 e. The number of allylic oxidation sites excluding steroid dienone is 1. The van der Waals surface area contributed by atoms with Crippen molar-refractivity contribution in [1.29, 1.82) is 0 Å². The Labute approximate surface area is 110 Å². The first-order chi connectivity index (χ1) is 8.22. The lowest BCUT2D eigenvalue weighted by Gasteiger charge is -2.05. The van der Waals surface area contributed by atoms with E-state index in [0.29, 0.717) is 0 Å². The minimum atomic E-state index is 1.01. The average molecular weight is 238 g/mol. The van der Waals surface area contributed by atoms with Gasteiger partial charge < -0.3 is 0 Å². The van der Waals surface area contributed by atoms with E-state index in [2.05, 4.69) is 27.4 Å². The van der Waals surface area contributed by atoms with Gasteiger partial charge >= 0.3 is 0 Å². The van der Waals surface area contributed by atoms with Crippen LogP contribution in [0.4, 0.5) is 0 Å². The monoisotopic (exact) mass is 238 g/mol. The summed E-state index contributed by atoms with van der Waals surface area (Å²) in [7, 11) is 0. The molecular weight excluding hydrogens is 204 g/mol. The van der Waals surface area contributed by atoms with E-state index in [1.165, 1.54) is 64.2 Å². The largest absolute Gasteiger partial charge is 0.103 e. The third-order valence-corrected chi connectivity index (χ3v) is 4.05. The Morgan fingerprint density at radius 2 is 1.47 bits per heavy atom. The molecule has 1 aliphatic rings. The maximum Gasteiger partial charge on any atom is -0.0353 e. The molecule has 2 atom stereocenters. The first-order valence-electron chi connectivity index (χ1n) is 7.83. The molecule has 0 saturated heterocycles. The quantitative estimate of drug-likeness (QED) is 0.357. The highest BCUT2D eigenvalue weighted by atomic mass is 14.2. The SMILES string of the molecule is C=CCCCCCCCC.C[C@@H]1CCC[C@@H]1C. The van der Waals surface area contributed by atoms with Gasteiger partial charge in [-0.25, -0.2) is 0 Å². The molecule has 102 valence electrons. The van der Waals surface area contributed by atoms with Gasteiger partial charge in [0.1, 0.15) is 0 Å². The lowest BCUT2D eigenvalue weighted by molar-refractivity contribution is 0.457. The second kappa shape index (κ2) is 12.2. The van der Waals surface area contributed by atoms with Crippen LogP contribution in [0.1, 0.15) is 85.0 Å². The molecule has 0 amide bonds. The van der Waals surface area contributed by atoms with Gasteiger partial charge in [-0.3, -0.25) is 0 Å². The van der Waals surface area contributed by atoms with Crippen LogP contribution in [0.15, 0.2) is 12.7 Å². The second-order valence-corrected chi connectivity index (χ2v) is 5.73. The van der Waals surface area contributed by atoms with Crippen LogP contribution in [0.3, 0.4) is 0 Å². The normalized spacial score (nSPS) is 23.0. The third-order valence-electron chi connectivity index (χ3n) is 4.05. The summed E-state index contributed by atoms with van der Waals surface area (Å²) in [4.78, 5) is 0. The molecule has 0 aromatic heterocycles. The fraction of sp³-hybridized carbons (Fsp3) is 0.882. The molecule has 0 aromatic carbocycles. The molecule has 17 heavy (non-hydrogen) atoms. The van der Waals surface area contributed by atoms with Gasteiger partial charge in [-0.15, -0.1) is 6.58 Å². The second-order valence-electron chi connectivity index (χ2n) is 5.73. The van der Waals surface area contributed by atoms with Crippen LogP contribution >= 0.6 is 0 Å². The molecule has 1 fully saturated rings. The van der Waals surface area contributed by atoms with Crippen molar-refractivity contribution in [2.45, 2.75) is 85.0 Å². The van der Waals surface area contributed by atoms with Crippen molar-refractivity contribution < 1.29 is 0 Å². The Kier molecular flexibility index (Phi) is 12.0. The van der Waals surface area contributed by atoms with Crippen LogP contribution < -0.4 is 0 Å². The van der Waals surface area contributed by atoms with Crippen molar-refractivity contribution in [2.24, 2.45) is 11.8 Å². The van der Waals surface area contributed by atoms with Crippen LogP contribution in [-0.4, -0.2) is 0 Å². The summed E-state index contributed by atoms with van der Waals surface area (Å²) in [5.74, 6) is 2.03. The fourth-order valence-corrected chi connectivity index (χ4v) is 2.40. The lowest BCUT2D eigenvalue weighted by Crippen LogP contribution is -1.95. The standard InChI is InChI=1S/C10H20.C7H14/c1-3-5-7-9-10-8-6-4-2;1-6-4-3-5-7(6)2/h3H,1,4-10H2,2H3;6-7H,3-5H2,1-2H3/t;6-,7+. The maximum absolute atomic E-state index is 3.69. The molecule has 0 radical (unpaired) electrons. The number of hydrogen-bond donors (Lipinski definition) is 0. The van der Waals surface area contributed by atoms with E-state index in [9.17, 15) is 0 Å². The highest BCUT2D eigenvalue weighted by molar-refractivity contribution is 4.69. The summed E-state index contributed by atoms with van der Waals surface area (Å²) in [6, 6.07) is 0. The van der Waals surface area contributed by atoms with Gasteiger partial charge in [0.05, 0.1) is 0 Å². The molecule has 0 spiro atoms. The van der Waals surface area contributed by atoms with Crippen molar-refractivity contribution >= 4 is 0 Å². The summed E-state index contributed by atoms with van der Waals surface area (Å²) in [5, 5.41) is 0. The molecule has 1 saturated carbocycles. The highest BCUT2D eigenvalue weighted by Gasteiger charge is 2.17. The summed E-state index contributed by atoms with van der Waals surface area (Å²) < 4.78 is 0. The minimum absolute atomic E-state index is 1.01. The number of hydrogen-bond acceptors (Lipinski definition) is 0. The molecule has 0 aliphatic heterocycles. The molecule has 0 heteroatoms. The summed E-state index contributed by atoms with van der Waals surface area (Å²) in [6.07, 6.45) is 16.0. The van der Waals surface area contributed by atoms with Gasteiger partial charge in [0.15, 0.2) is 0 Å². The van der Waals surface area contributed by atoms with E-state index >= 15 is 0 Å². The smallest absolute Gasteiger partial charge is 0.0353 e. The highest BCUT2D eigenvalue weighted by Crippen LogP contribution is 2.29. The van der Waals surface area contributed by atoms with E-state index in [-0.39, 0.29) is 0 Å².